The standard InChI is InChI=1S/C15H18N2O3/c1-2-7-17-11-16-9-13(17)10-20-14-6-4-3-5-12(14)8-15(18)19/h3-6,9,11H,2,7-8,10H2,1H3,(H,18,19). The van der Waals surface area contributed by atoms with Gasteiger partial charge < -0.3 is 14.4 Å². The fourth-order valence-electron chi connectivity index (χ4n) is 2.02. The highest BCUT2D eigenvalue weighted by molar-refractivity contribution is 5.71. The van der Waals surface area contributed by atoms with Gasteiger partial charge in [0.05, 0.1) is 24.6 Å². The maximum Gasteiger partial charge on any atom is 0.307 e. The maximum absolute atomic E-state index is 10.8. The Balaban J connectivity index is 2.06. The third kappa shape index (κ3) is 3.60. The molecule has 2 rings (SSSR count). The van der Waals surface area contributed by atoms with Gasteiger partial charge >= 0.3 is 5.97 Å². The van der Waals surface area contributed by atoms with Crippen molar-refractivity contribution in [3.8, 4) is 5.75 Å². The van der Waals surface area contributed by atoms with Crippen LogP contribution in [0.2, 0.25) is 0 Å². The van der Waals surface area contributed by atoms with Gasteiger partial charge in [0, 0.05) is 12.1 Å². The molecule has 0 saturated carbocycles. The molecule has 1 N–H and O–H groups in total. The predicted octanol–water partition coefficient (Wildman–Crippen LogP) is 2.50. The maximum atomic E-state index is 10.8. The molecule has 5 nitrogen and oxygen atoms in total. The molecule has 0 radical (unpaired) electrons. The Morgan fingerprint density at radius 2 is 2.20 bits per heavy atom. The Morgan fingerprint density at radius 1 is 1.40 bits per heavy atom. The van der Waals surface area contributed by atoms with E-state index in [0.717, 1.165) is 18.7 Å². The van der Waals surface area contributed by atoms with Gasteiger partial charge in [0.15, 0.2) is 0 Å². The van der Waals surface area contributed by atoms with Crippen molar-refractivity contribution in [2.75, 3.05) is 0 Å². The van der Waals surface area contributed by atoms with Crippen molar-refractivity contribution in [2.45, 2.75) is 32.9 Å². The first-order valence-corrected chi connectivity index (χ1v) is 6.62. The van der Waals surface area contributed by atoms with Crippen molar-refractivity contribution in [3.63, 3.8) is 0 Å². The zero-order chi connectivity index (χ0) is 14.4. The number of hydrogen-bond acceptors (Lipinski definition) is 3. The Bertz CT molecular complexity index is 578. The predicted molar refractivity (Wildman–Crippen MR) is 74.6 cm³/mol. The third-order valence-electron chi connectivity index (χ3n) is 2.95. The zero-order valence-electron chi connectivity index (χ0n) is 11.5. The molecular formula is C15H18N2O3. The number of carboxylic acids is 1. The van der Waals surface area contributed by atoms with Crippen LogP contribution in [-0.4, -0.2) is 20.6 Å². The van der Waals surface area contributed by atoms with Crippen LogP contribution < -0.4 is 4.74 Å². The summed E-state index contributed by atoms with van der Waals surface area (Å²) in [7, 11) is 0. The van der Waals surface area contributed by atoms with Crippen molar-refractivity contribution in [2.24, 2.45) is 0 Å². The second kappa shape index (κ2) is 6.75. The minimum atomic E-state index is -0.864. The molecule has 5 heteroatoms. The van der Waals surface area contributed by atoms with Crippen molar-refractivity contribution in [1.29, 1.82) is 0 Å². The zero-order valence-corrected chi connectivity index (χ0v) is 11.5. The number of carbonyl (C=O) groups is 1. The number of rotatable bonds is 7. The van der Waals surface area contributed by atoms with Crippen LogP contribution in [0.15, 0.2) is 36.8 Å². The summed E-state index contributed by atoms with van der Waals surface area (Å²) in [6.07, 6.45) is 4.55. The fourth-order valence-corrected chi connectivity index (χ4v) is 2.02. The van der Waals surface area contributed by atoms with Gasteiger partial charge in [-0.25, -0.2) is 4.98 Å². The van der Waals surface area contributed by atoms with E-state index in [2.05, 4.69) is 11.9 Å². The fraction of sp³-hybridized carbons (Fsp3) is 0.333. The van der Waals surface area contributed by atoms with Crippen molar-refractivity contribution < 1.29 is 14.6 Å². The van der Waals surface area contributed by atoms with Gasteiger partial charge in [-0.05, 0) is 12.5 Å². The molecule has 1 aromatic heterocycles. The summed E-state index contributed by atoms with van der Waals surface area (Å²) in [6, 6.07) is 7.21. The molecule has 0 aliphatic heterocycles. The minimum absolute atomic E-state index is 0.0373. The number of benzene rings is 1. The Kier molecular flexibility index (Phi) is 4.76. The van der Waals surface area contributed by atoms with E-state index in [1.165, 1.54) is 0 Å². The van der Waals surface area contributed by atoms with Gasteiger partial charge in [-0.2, -0.15) is 0 Å². The number of aromatic nitrogens is 2. The summed E-state index contributed by atoms with van der Waals surface area (Å²) in [5.41, 5.74) is 1.67. The molecule has 106 valence electrons. The number of imidazole rings is 1. The van der Waals surface area contributed by atoms with E-state index in [9.17, 15) is 4.79 Å². The largest absolute Gasteiger partial charge is 0.487 e. The molecule has 0 amide bonds. The Hall–Kier alpha value is -2.30. The van der Waals surface area contributed by atoms with E-state index in [4.69, 9.17) is 9.84 Å². The number of aryl methyl sites for hydroxylation is 1. The van der Waals surface area contributed by atoms with E-state index in [1.807, 2.05) is 16.7 Å². The van der Waals surface area contributed by atoms with Gasteiger partial charge in [0.25, 0.3) is 0 Å². The van der Waals surface area contributed by atoms with E-state index >= 15 is 0 Å². The van der Waals surface area contributed by atoms with Gasteiger partial charge in [-0.3, -0.25) is 4.79 Å². The van der Waals surface area contributed by atoms with Gasteiger partial charge in [0.1, 0.15) is 12.4 Å². The van der Waals surface area contributed by atoms with E-state index in [0.29, 0.717) is 17.9 Å². The van der Waals surface area contributed by atoms with Crippen LogP contribution in [0.3, 0.4) is 0 Å². The van der Waals surface area contributed by atoms with Crippen LogP contribution in [0.5, 0.6) is 5.75 Å². The Labute approximate surface area is 117 Å². The molecule has 2 aromatic rings. The van der Waals surface area contributed by atoms with E-state index in [-0.39, 0.29) is 6.42 Å². The lowest BCUT2D eigenvalue weighted by Gasteiger charge is -2.11. The summed E-state index contributed by atoms with van der Waals surface area (Å²) >= 11 is 0. The van der Waals surface area contributed by atoms with E-state index in [1.54, 1.807) is 24.7 Å². The molecule has 0 spiro atoms. The number of para-hydroxylation sites is 1. The first-order chi connectivity index (χ1) is 9.70. The number of hydrogen-bond donors (Lipinski definition) is 1. The summed E-state index contributed by atoms with van der Waals surface area (Å²) in [5.74, 6) is -0.253. The quantitative estimate of drug-likeness (QED) is 0.842. The lowest BCUT2D eigenvalue weighted by atomic mass is 10.1. The number of ether oxygens (including phenoxy) is 1. The molecule has 0 aliphatic rings. The molecule has 1 heterocycles. The topological polar surface area (TPSA) is 64.4 Å². The summed E-state index contributed by atoms with van der Waals surface area (Å²) in [4.78, 5) is 14.9. The van der Waals surface area contributed by atoms with Crippen LogP contribution in [0.25, 0.3) is 0 Å². The molecular weight excluding hydrogens is 256 g/mol. The van der Waals surface area contributed by atoms with Crippen LogP contribution in [0, 0.1) is 0 Å². The highest BCUT2D eigenvalue weighted by atomic mass is 16.5. The van der Waals surface area contributed by atoms with Crippen molar-refractivity contribution >= 4 is 5.97 Å². The number of carboxylic acid groups (broad SMARTS) is 1. The number of nitrogens with zero attached hydrogens (tertiary/aromatic N) is 2. The molecule has 0 unspecified atom stereocenters. The van der Waals surface area contributed by atoms with Gasteiger partial charge in [0.2, 0.25) is 0 Å². The minimum Gasteiger partial charge on any atom is -0.487 e. The highest BCUT2D eigenvalue weighted by Crippen LogP contribution is 2.20. The van der Waals surface area contributed by atoms with Crippen LogP contribution in [0.1, 0.15) is 24.6 Å². The molecule has 0 saturated heterocycles. The van der Waals surface area contributed by atoms with Crippen molar-refractivity contribution in [3.05, 3.63) is 48.0 Å². The molecule has 1 aromatic carbocycles. The lowest BCUT2D eigenvalue weighted by molar-refractivity contribution is -0.136. The van der Waals surface area contributed by atoms with E-state index < -0.39 is 5.97 Å². The second-order valence-electron chi connectivity index (χ2n) is 4.55. The SMILES string of the molecule is CCCn1cncc1COc1ccccc1CC(=O)O. The first kappa shape index (κ1) is 14.1. The summed E-state index contributed by atoms with van der Waals surface area (Å²) < 4.78 is 7.79. The molecule has 20 heavy (non-hydrogen) atoms. The van der Waals surface area contributed by atoms with Crippen LogP contribution in [0.4, 0.5) is 0 Å². The highest BCUT2D eigenvalue weighted by Gasteiger charge is 2.08. The van der Waals surface area contributed by atoms with Crippen molar-refractivity contribution in [1.82, 2.24) is 9.55 Å². The molecule has 0 aliphatic carbocycles. The second-order valence-corrected chi connectivity index (χ2v) is 4.55. The summed E-state index contributed by atoms with van der Waals surface area (Å²) in [6.45, 7) is 3.39. The first-order valence-electron chi connectivity index (χ1n) is 6.62. The molecule has 0 bridgehead atoms. The summed E-state index contributed by atoms with van der Waals surface area (Å²) in [5, 5.41) is 8.89. The number of aliphatic carboxylic acids is 1. The lowest BCUT2D eigenvalue weighted by Crippen LogP contribution is -2.07. The molecule has 0 atom stereocenters. The van der Waals surface area contributed by atoms with Gasteiger partial charge in [-0.15, -0.1) is 0 Å². The normalized spacial score (nSPS) is 10.4. The Morgan fingerprint density at radius 3 is 2.95 bits per heavy atom. The monoisotopic (exact) mass is 274 g/mol. The van der Waals surface area contributed by atoms with Crippen LogP contribution in [-0.2, 0) is 24.4 Å². The van der Waals surface area contributed by atoms with Gasteiger partial charge in [-0.1, -0.05) is 25.1 Å². The smallest absolute Gasteiger partial charge is 0.307 e. The molecule has 0 fully saturated rings. The average molecular weight is 274 g/mol. The van der Waals surface area contributed by atoms with Crippen LogP contribution >= 0.6 is 0 Å². The average Bonchev–Trinajstić information content (AvgIpc) is 2.85. The third-order valence-corrected chi connectivity index (χ3v) is 2.95.